The molecule has 3 aromatic rings. The molecule has 2 aliphatic heterocycles. The number of rotatable bonds is 8. The Morgan fingerprint density at radius 1 is 1.18 bits per heavy atom. The van der Waals surface area contributed by atoms with Crippen molar-refractivity contribution in [1.82, 2.24) is 19.4 Å². The average Bonchev–Trinajstić information content (AvgIpc) is 3.23. The van der Waals surface area contributed by atoms with Crippen molar-refractivity contribution in [2.75, 3.05) is 19.7 Å². The lowest BCUT2D eigenvalue weighted by Crippen LogP contribution is -2.35. The topological polar surface area (TPSA) is 52.4 Å². The van der Waals surface area contributed by atoms with E-state index in [1.165, 1.54) is 6.07 Å². The zero-order chi connectivity index (χ0) is 22.6. The Hall–Kier alpha value is -2.48. The Morgan fingerprint density at radius 3 is 2.79 bits per heavy atom. The van der Waals surface area contributed by atoms with Gasteiger partial charge in [0.2, 0.25) is 5.88 Å². The second-order valence-corrected chi connectivity index (χ2v) is 9.11. The summed E-state index contributed by atoms with van der Waals surface area (Å²) in [7, 11) is 0. The van der Waals surface area contributed by atoms with Gasteiger partial charge in [-0.05, 0) is 50.6 Å². The molecule has 0 saturated carbocycles. The fraction of sp³-hybridized carbons (Fsp3) is 0.440. The number of halogens is 2. The minimum absolute atomic E-state index is 0.119. The largest absolute Gasteiger partial charge is 0.473 e. The van der Waals surface area contributed by atoms with E-state index >= 15 is 0 Å². The third-order valence-electron chi connectivity index (χ3n) is 6.42. The van der Waals surface area contributed by atoms with Crippen LogP contribution in [0.15, 0.2) is 42.6 Å². The van der Waals surface area contributed by atoms with Crippen LogP contribution in [0, 0.1) is 12.0 Å². The lowest BCUT2D eigenvalue weighted by atomic mass is 9.93. The fourth-order valence-corrected chi connectivity index (χ4v) is 4.51. The van der Waals surface area contributed by atoms with E-state index < -0.39 is 0 Å². The maximum absolute atomic E-state index is 14.0. The van der Waals surface area contributed by atoms with Crippen LogP contribution in [0.3, 0.4) is 0 Å². The minimum atomic E-state index is -0.371. The van der Waals surface area contributed by atoms with E-state index in [1.807, 2.05) is 12.1 Å². The van der Waals surface area contributed by atoms with Crippen LogP contribution in [0.2, 0.25) is 5.02 Å². The van der Waals surface area contributed by atoms with Crippen molar-refractivity contribution < 1.29 is 13.9 Å². The standard InChI is InChI=1S/C25H27ClFN4O2/c26-20-5-4-19(22(27)14-20)17-33-25-3-1-2-23(29-25)18-6-10-30(11-7-18)16-24-28-9-12-31(24)15-21-8-13-32-21/h1-5,9,14,18,21H,6-8,10-11,13,15-17H2/t21-/m0/s1. The highest BCUT2D eigenvalue weighted by molar-refractivity contribution is 6.30. The van der Waals surface area contributed by atoms with Gasteiger partial charge in [-0.1, -0.05) is 23.7 Å². The molecule has 2 aliphatic rings. The Morgan fingerprint density at radius 2 is 2.03 bits per heavy atom. The third kappa shape index (κ3) is 5.54. The van der Waals surface area contributed by atoms with Gasteiger partial charge in [0.1, 0.15) is 18.2 Å². The molecule has 173 valence electrons. The van der Waals surface area contributed by atoms with Crippen LogP contribution in [-0.4, -0.2) is 45.2 Å². The van der Waals surface area contributed by atoms with E-state index in [4.69, 9.17) is 26.1 Å². The maximum Gasteiger partial charge on any atom is 0.213 e. The van der Waals surface area contributed by atoms with E-state index in [2.05, 4.69) is 26.7 Å². The molecular weight excluding hydrogens is 443 g/mol. The van der Waals surface area contributed by atoms with E-state index in [1.54, 1.807) is 18.3 Å². The molecule has 6 nitrogen and oxygen atoms in total. The first-order valence-corrected chi connectivity index (χ1v) is 11.8. The third-order valence-corrected chi connectivity index (χ3v) is 6.66. The van der Waals surface area contributed by atoms with Crippen LogP contribution >= 0.6 is 11.6 Å². The Labute approximate surface area is 198 Å². The number of hydrogen-bond donors (Lipinski definition) is 0. The number of benzene rings is 1. The van der Waals surface area contributed by atoms with Crippen LogP contribution in [0.25, 0.3) is 0 Å². The van der Waals surface area contributed by atoms with E-state index in [9.17, 15) is 4.39 Å². The summed E-state index contributed by atoms with van der Waals surface area (Å²) in [5, 5.41) is 0.372. The quantitative estimate of drug-likeness (QED) is 0.482. The van der Waals surface area contributed by atoms with E-state index in [-0.39, 0.29) is 12.4 Å². The molecule has 2 aromatic heterocycles. The first kappa shape index (κ1) is 22.3. The van der Waals surface area contributed by atoms with E-state index in [0.29, 0.717) is 28.5 Å². The zero-order valence-corrected chi connectivity index (χ0v) is 19.2. The number of likely N-dealkylation sites (tertiary alicyclic amines) is 1. The molecule has 5 rings (SSSR count). The lowest BCUT2D eigenvalue weighted by molar-refractivity contribution is -0.0599. The Balaban J connectivity index is 1.14. The van der Waals surface area contributed by atoms with Gasteiger partial charge in [0.15, 0.2) is 0 Å². The van der Waals surface area contributed by atoms with Gasteiger partial charge in [-0.3, -0.25) is 4.90 Å². The molecule has 1 aromatic carbocycles. The van der Waals surface area contributed by atoms with Crippen molar-refractivity contribution in [2.45, 2.75) is 51.0 Å². The highest BCUT2D eigenvalue weighted by Gasteiger charge is 2.24. The van der Waals surface area contributed by atoms with Crippen molar-refractivity contribution in [3.8, 4) is 5.88 Å². The van der Waals surface area contributed by atoms with Crippen LogP contribution in [0.5, 0.6) is 5.88 Å². The molecular formula is C25H27ClFN4O2. The molecule has 0 unspecified atom stereocenters. The van der Waals surface area contributed by atoms with Gasteiger partial charge in [-0.2, -0.15) is 0 Å². The predicted octanol–water partition coefficient (Wildman–Crippen LogP) is 4.62. The molecule has 0 amide bonds. The van der Waals surface area contributed by atoms with Gasteiger partial charge in [-0.15, -0.1) is 0 Å². The SMILES string of the molecule is Fc1cc(Cl)ccc1COc1cccc(C2CCN(Cc3nc[c]n3C[C@@H]3CCO3)CC2)n1. The van der Waals surface area contributed by atoms with Crippen LogP contribution in [0.4, 0.5) is 4.39 Å². The summed E-state index contributed by atoms with van der Waals surface area (Å²) >= 11 is 5.82. The van der Waals surface area contributed by atoms with Crippen molar-refractivity contribution in [3.63, 3.8) is 0 Å². The van der Waals surface area contributed by atoms with Gasteiger partial charge in [0.25, 0.3) is 0 Å². The molecule has 2 fully saturated rings. The summed E-state index contributed by atoms with van der Waals surface area (Å²) in [6.45, 7) is 4.61. The average molecular weight is 470 g/mol. The smallest absolute Gasteiger partial charge is 0.213 e. The predicted molar refractivity (Wildman–Crippen MR) is 123 cm³/mol. The fourth-order valence-electron chi connectivity index (χ4n) is 4.35. The molecule has 4 heterocycles. The lowest BCUT2D eigenvalue weighted by Gasteiger charge is -2.32. The van der Waals surface area contributed by atoms with Crippen molar-refractivity contribution in [2.24, 2.45) is 0 Å². The zero-order valence-electron chi connectivity index (χ0n) is 18.4. The number of imidazole rings is 1. The van der Waals surface area contributed by atoms with Crippen molar-refractivity contribution in [1.29, 1.82) is 0 Å². The summed E-state index contributed by atoms with van der Waals surface area (Å²) in [4.78, 5) is 11.7. The molecule has 0 N–H and O–H groups in total. The molecule has 1 radical (unpaired) electrons. The second kappa shape index (κ2) is 10.2. The molecule has 2 saturated heterocycles. The highest BCUT2D eigenvalue weighted by atomic mass is 35.5. The van der Waals surface area contributed by atoms with Crippen molar-refractivity contribution >= 4 is 11.6 Å². The minimum Gasteiger partial charge on any atom is -0.473 e. The summed E-state index contributed by atoms with van der Waals surface area (Å²) in [6, 6.07) is 10.4. The van der Waals surface area contributed by atoms with Gasteiger partial charge in [-0.25, -0.2) is 14.4 Å². The monoisotopic (exact) mass is 469 g/mol. The summed E-state index contributed by atoms with van der Waals surface area (Å²) in [6.07, 6.45) is 8.43. The van der Waals surface area contributed by atoms with Crippen LogP contribution < -0.4 is 4.74 Å². The highest BCUT2D eigenvalue weighted by Crippen LogP contribution is 2.29. The summed E-state index contributed by atoms with van der Waals surface area (Å²) in [5.41, 5.74) is 1.49. The number of nitrogens with zero attached hydrogens (tertiary/aromatic N) is 4. The summed E-state index contributed by atoms with van der Waals surface area (Å²) < 4.78 is 27.4. The molecule has 8 heteroatoms. The molecule has 33 heavy (non-hydrogen) atoms. The first-order chi connectivity index (χ1) is 16.1. The second-order valence-electron chi connectivity index (χ2n) is 8.67. The molecule has 0 aliphatic carbocycles. The summed E-state index contributed by atoms with van der Waals surface area (Å²) in [5.74, 6) is 1.57. The van der Waals surface area contributed by atoms with Crippen LogP contribution in [0.1, 0.15) is 42.3 Å². The maximum atomic E-state index is 14.0. The number of hydrogen-bond acceptors (Lipinski definition) is 5. The molecule has 1 atom stereocenters. The first-order valence-electron chi connectivity index (χ1n) is 11.4. The Bertz CT molecular complexity index is 1080. The van der Waals surface area contributed by atoms with Gasteiger partial charge in [0, 0.05) is 34.9 Å². The van der Waals surface area contributed by atoms with Gasteiger partial charge < -0.3 is 14.0 Å². The van der Waals surface area contributed by atoms with Crippen molar-refractivity contribution in [3.05, 3.63) is 76.7 Å². The number of ether oxygens (including phenoxy) is 2. The Kier molecular flexibility index (Phi) is 6.90. The molecule has 0 spiro atoms. The van der Waals surface area contributed by atoms with Gasteiger partial charge >= 0.3 is 0 Å². The van der Waals surface area contributed by atoms with E-state index in [0.717, 1.165) is 63.6 Å². The van der Waals surface area contributed by atoms with Crippen LogP contribution in [-0.2, 0) is 24.4 Å². The van der Waals surface area contributed by atoms with Gasteiger partial charge in [0.05, 0.1) is 31.6 Å². The number of aromatic nitrogens is 3. The normalized spacial score (nSPS) is 19.4. The molecule has 0 bridgehead atoms. The number of piperidine rings is 1. The number of pyridine rings is 1.